The van der Waals surface area contributed by atoms with Crippen LogP contribution in [0.3, 0.4) is 0 Å². The molecular formula is C18H26N2O3. The van der Waals surface area contributed by atoms with Gasteiger partial charge in [-0.25, -0.2) is 0 Å². The van der Waals surface area contributed by atoms with Gasteiger partial charge < -0.3 is 15.0 Å². The highest BCUT2D eigenvalue weighted by Crippen LogP contribution is 2.24. The first-order chi connectivity index (χ1) is 11.0. The van der Waals surface area contributed by atoms with Crippen LogP contribution in [0.5, 0.6) is 0 Å². The third kappa shape index (κ3) is 4.55. The van der Waals surface area contributed by atoms with Gasteiger partial charge in [0, 0.05) is 31.8 Å². The maximum absolute atomic E-state index is 12.7. The minimum absolute atomic E-state index is 0.00638. The van der Waals surface area contributed by atoms with Crippen molar-refractivity contribution in [2.45, 2.75) is 32.7 Å². The number of rotatable bonds is 5. The molecule has 1 heterocycles. The van der Waals surface area contributed by atoms with Gasteiger partial charge in [0.25, 0.3) is 5.91 Å². The molecule has 0 spiro atoms. The fourth-order valence-corrected chi connectivity index (χ4v) is 2.89. The van der Waals surface area contributed by atoms with Gasteiger partial charge >= 0.3 is 0 Å². The zero-order chi connectivity index (χ0) is 16.8. The van der Waals surface area contributed by atoms with E-state index in [1.807, 2.05) is 43.0 Å². The molecule has 1 aromatic rings. The van der Waals surface area contributed by atoms with E-state index in [0.29, 0.717) is 25.3 Å². The van der Waals surface area contributed by atoms with E-state index in [4.69, 9.17) is 4.74 Å². The Morgan fingerprint density at radius 3 is 2.61 bits per heavy atom. The zero-order valence-electron chi connectivity index (χ0n) is 14.2. The van der Waals surface area contributed by atoms with E-state index in [1.165, 1.54) is 0 Å². The lowest BCUT2D eigenvalue weighted by Crippen LogP contribution is -2.49. The molecule has 2 atom stereocenters. The first-order valence-corrected chi connectivity index (χ1v) is 8.17. The van der Waals surface area contributed by atoms with Crippen LogP contribution in [0.2, 0.25) is 0 Å². The lowest BCUT2D eigenvalue weighted by molar-refractivity contribution is -0.126. The number of nitrogens with zero attached hydrogens (tertiary/aromatic N) is 1. The second-order valence-electron chi connectivity index (χ2n) is 6.23. The number of carbonyl (C=O) groups excluding carboxylic acids is 2. The number of hydrogen-bond donors (Lipinski definition) is 1. The summed E-state index contributed by atoms with van der Waals surface area (Å²) in [6.07, 6.45) is 1.66. The third-order valence-corrected chi connectivity index (χ3v) is 4.42. The Balaban J connectivity index is 2.01. The number of aryl methyl sites for hydroxylation is 1. The van der Waals surface area contributed by atoms with Gasteiger partial charge in [0.2, 0.25) is 5.91 Å². The van der Waals surface area contributed by atoms with Gasteiger partial charge in [0.15, 0.2) is 0 Å². The van der Waals surface area contributed by atoms with Crippen LogP contribution in [-0.4, -0.2) is 49.6 Å². The lowest BCUT2D eigenvalue weighted by atomic mass is 9.92. The van der Waals surface area contributed by atoms with E-state index in [0.717, 1.165) is 18.4 Å². The molecule has 0 radical (unpaired) electrons. The van der Waals surface area contributed by atoms with Crippen LogP contribution in [0, 0.1) is 12.8 Å². The van der Waals surface area contributed by atoms with Crippen LogP contribution in [0.1, 0.15) is 35.7 Å². The van der Waals surface area contributed by atoms with Crippen LogP contribution in [0.15, 0.2) is 24.3 Å². The summed E-state index contributed by atoms with van der Waals surface area (Å²) in [4.78, 5) is 26.8. The van der Waals surface area contributed by atoms with Gasteiger partial charge in [-0.2, -0.15) is 0 Å². The standard InChI is InChI=1S/C18H26N2O3/c1-13-4-7-15(8-5-13)18(22)20-12-16(9-6-14(20)2)17(21)19-10-11-23-3/h4-5,7-8,14,16H,6,9-12H2,1-3H3,(H,19,21)/t14-,16+/m1/s1. The summed E-state index contributed by atoms with van der Waals surface area (Å²) in [5.74, 6) is -0.125. The maximum atomic E-state index is 12.7. The van der Waals surface area contributed by atoms with Crippen molar-refractivity contribution in [1.29, 1.82) is 0 Å². The first-order valence-electron chi connectivity index (χ1n) is 8.17. The number of ether oxygens (including phenoxy) is 1. The molecule has 5 nitrogen and oxygen atoms in total. The van der Waals surface area contributed by atoms with Crippen molar-refractivity contribution in [1.82, 2.24) is 10.2 Å². The molecule has 0 aromatic heterocycles. The smallest absolute Gasteiger partial charge is 0.254 e. The van der Waals surface area contributed by atoms with Gasteiger partial charge in [-0.3, -0.25) is 9.59 Å². The number of amides is 2. The second kappa shape index (κ2) is 8.11. The fraction of sp³-hybridized carbons (Fsp3) is 0.556. The van der Waals surface area contributed by atoms with Gasteiger partial charge in [0.05, 0.1) is 12.5 Å². The van der Waals surface area contributed by atoms with Crippen molar-refractivity contribution in [3.05, 3.63) is 35.4 Å². The zero-order valence-corrected chi connectivity index (χ0v) is 14.2. The highest BCUT2D eigenvalue weighted by molar-refractivity contribution is 5.95. The third-order valence-electron chi connectivity index (χ3n) is 4.42. The highest BCUT2D eigenvalue weighted by atomic mass is 16.5. The monoisotopic (exact) mass is 318 g/mol. The Labute approximate surface area is 138 Å². The molecule has 1 aliphatic rings. The molecule has 23 heavy (non-hydrogen) atoms. The van der Waals surface area contributed by atoms with Crippen molar-refractivity contribution >= 4 is 11.8 Å². The molecule has 1 aliphatic heterocycles. The average molecular weight is 318 g/mol. The quantitative estimate of drug-likeness (QED) is 0.845. The molecule has 1 saturated heterocycles. The number of carbonyl (C=O) groups is 2. The normalized spacial score (nSPS) is 21.1. The van der Waals surface area contributed by atoms with E-state index in [2.05, 4.69) is 5.32 Å². The van der Waals surface area contributed by atoms with Gasteiger partial charge in [-0.15, -0.1) is 0 Å². The summed E-state index contributed by atoms with van der Waals surface area (Å²) in [7, 11) is 1.61. The SMILES string of the molecule is COCCNC(=O)[C@H]1CC[C@@H](C)N(C(=O)c2ccc(C)cc2)C1. The number of benzene rings is 1. The Hall–Kier alpha value is -1.88. The summed E-state index contributed by atoms with van der Waals surface area (Å²) < 4.78 is 4.94. The fourth-order valence-electron chi connectivity index (χ4n) is 2.89. The van der Waals surface area contributed by atoms with Gasteiger partial charge in [0.1, 0.15) is 0 Å². The van der Waals surface area contributed by atoms with E-state index in [-0.39, 0.29) is 23.8 Å². The predicted molar refractivity (Wildman–Crippen MR) is 89.3 cm³/mol. The average Bonchev–Trinajstić information content (AvgIpc) is 2.55. The van der Waals surface area contributed by atoms with E-state index in [1.54, 1.807) is 7.11 Å². The predicted octanol–water partition coefficient (Wildman–Crippen LogP) is 2.00. The van der Waals surface area contributed by atoms with E-state index < -0.39 is 0 Å². The van der Waals surface area contributed by atoms with E-state index >= 15 is 0 Å². The molecule has 2 rings (SSSR count). The lowest BCUT2D eigenvalue weighted by Gasteiger charge is -2.37. The van der Waals surface area contributed by atoms with Crippen LogP contribution >= 0.6 is 0 Å². The molecule has 126 valence electrons. The number of likely N-dealkylation sites (tertiary alicyclic amines) is 1. The number of hydrogen-bond acceptors (Lipinski definition) is 3. The first kappa shape index (κ1) is 17.5. The number of piperidine rings is 1. The maximum Gasteiger partial charge on any atom is 0.254 e. The largest absolute Gasteiger partial charge is 0.383 e. The van der Waals surface area contributed by atoms with Crippen LogP contribution in [0.4, 0.5) is 0 Å². The van der Waals surface area contributed by atoms with E-state index in [9.17, 15) is 9.59 Å². The number of nitrogens with one attached hydrogen (secondary N) is 1. The molecular weight excluding hydrogens is 292 g/mol. The molecule has 1 fully saturated rings. The molecule has 1 aromatic carbocycles. The summed E-state index contributed by atoms with van der Waals surface area (Å²) >= 11 is 0. The van der Waals surface area contributed by atoms with Crippen LogP contribution < -0.4 is 5.32 Å². The Morgan fingerprint density at radius 2 is 1.96 bits per heavy atom. The molecule has 5 heteroatoms. The Kier molecular flexibility index (Phi) is 6.16. The molecule has 0 aliphatic carbocycles. The van der Waals surface area contributed by atoms with Crippen molar-refractivity contribution in [2.75, 3.05) is 26.8 Å². The summed E-state index contributed by atoms with van der Waals surface area (Å²) in [5, 5.41) is 2.87. The molecule has 2 amide bonds. The highest BCUT2D eigenvalue weighted by Gasteiger charge is 2.32. The summed E-state index contributed by atoms with van der Waals surface area (Å²) in [6.45, 7) is 5.53. The van der Waals surface area contributed by atoms with Crippen molar-refractivity contribution in [3.8, 4) is 0 Å². The van der Waals surface area contributed by atoms with Crippen LogP contribution in [-0.2, 0) is 9.53 Å². The minimum Gasteiger partial charge on any atom is -0.383 e. The van der Waals surface area contributed by atoms with Crippen molar-refractivity contribution < 1.29 is 14.3 Å². The van der Waals surface area contributed by atoms with Crippen molar-refractivity contribution in [3.63, 3.8) is 0 Å². The van der Waals surface area contributed by atoms with Crippen LogP contribution in [0.25, 0.3) is 0 Å². The van der Waals surface area contributed by atoms with Crippen molar-refractivity contribution in [2.24, 2.45) is 5.92 Å². The molecule has 0 bridgehead atoms. The van der Waals surface area contributed by atoms with Gasteiger partial charge in [-0.1, -0.05) is 17.7 Å². The summed E-state index contributed by atoms with van der Waals surface area (Å²) in [6, 6.07) is 7.75. The van der Waals surface area contributed by atoms with Gasteiger partial charge in [-0.05, 0) is 38.8 Å². The Morgan fingerprint density at radius 1 is 1.26 bits per heavy atom. The molecule has 0 unspecified atom stereocenters. The summed E-state index contributed by atoms with van der Waals surface area (Å²) in [5.41, 5.74) is 1.81. The number of methoxy groups -OCH3 is 1. The second-order valence-corrected chi connectivity index (χ2v) is 6.23. The molecule has 1 N–H and O–H groups in total. The minimum atomic E-state index is -0.141. The Bertz CT molecular complexity index is 542. The molecule has 0 saturated carbocycles. The topological polar surface area (TPSA) is 58.6 Å².